The van der Waals surface area contributed by atoms with E-state index in [1.165, 1.54) is 23.9 Å². The summed E-state index contributed by atoms with van der Waals surface area (Å²) in [4.78, 5) is 43.1. The van der Waals surface area contributed by atoms with Crippen LogP contribution >= 0.6 is 11.8 Å². The molecule has 3 amide bonds. The van der Waals surface area contributed by atoms with Crippen molar-refractivity contribution in [2.75, 3.05) is 31.6 Å². The smallest absolute Gasteiger partial charge is 0.262 e. The number of para-hydroxylation sites is 1. The normalized spacial score (nSPS) is 17.4. The lowest BCUT2D eigenvalue weighted by atomic mass is 10.2. The van der Waals surface area contributed by atoms with Gasteiger partial charge in [-0.2, -0.15) is 4.99 Å². The number of likely N-dealkylation sites (tertiary alicyclic amines) is 1. The summed E-state index contributed by atoms with van der Waals surface area (Å²) >= 11 is 1.35. The largest absolute Gasteiger partial charge is 0.489 e. The lowest BCUT2D eigenvalue weighted by molar-refractivity contribution is -0.121. The maximum Gasteiger partial charge on any atom is 0.262 e. The molecule has 34 heavy (non-hydrogen) atoms. The number of amidine groups is 1. The highest BCUT2D eigenvalue weighted by Gasteiger charge is 2.33. The highest BCUT2D eigenvalue weighted by Crippen LogP contribution is 2.29. The van der Waals surface area contributed by atoms with E-state index in [0.717, 1.165) is 31.1 Å². The minimum absolute atomic E-state index is 0.0363. The van der Waals surface area contributed by atoms with Gasteiger partial charge in [0.2, 0.25) is 5.91 Å². The van der Waals surface area contributed by atoms with Gasteiger partial charge >= 0.3 is 0 Å². The Labute approximate surface area is 200 Å². The molecule has 0 aromatic heterocycles. The molecule has 2 aliphatic rings. The number of benzene rings is 2. The van der Waals surface area contributed by atoms with Crippen molar-refractivity contribution in [3.8, 4) is 5.75 Å². The summed E-state index contributed by atoms with van der Waals surface area (Å²) < 4.78 is 18.8. The summed E-state index contributed by atoms with van der Waals surface area (Å²) in [5.74, 6) is -1.19. The van der Waals surface area contributed by atoms with E-state index in [1.807, 2.05) is 0 Å². The third-order valence-corrected chi connectivity index (χ3v) is 6.60. The molecule has 0 aliphatic carbocycles. The van der Waals surface area contributed by atoms with E-state index < -0.39 is 11.1 Å². The van der Waals surface area contributed by atoms with Gasteiger partial charge in [0.15, 0.2) is 16.7 Å². The fraction of sp³-hybridized carbons (Fsp3) is 0.333. The summed E-state index contributed by atoms with van der Waals surface area (Å²) in [6.45, 7) is 2.13. The fourth-order valence-electron chi connectivity index (χ4n) is 3.63. The minimum Gasteiger partial charge on any atom is -0.489 e. The quantitative estimate of drug-likeness (QED) is 0.559. The number of amides is 3. The first kappa shape index (κ1) is 23.7. The molecule has 2 aromatic carbocycles. The topological polar surface area (TPSA) is 100 Å². The number of rotatable bonds is 8. The number of hydrogen-bond acceptors (Lipinski definition) is 6. The Morgan fingerprint density at radius 3 is 2.59 bits per heavy atom. The third-order valence-electron chi connectivity index (χ3n) is 5.39. The molecule has 2 aliphatic heterocycles. The van der Waals surface area contributed by atoms with E-state index >= 15 is 0 Å². The molecule has 1 fully saturated rings. The zero-order valence-electron chi connectivity index (χ0n) is 18.5. The molecule has 2 N–H and O–H groups in total. The Morgan fingerprint density at radius 1 is 1.12 bits per heavy atom. The Balaban J connectivity index is 1.19. The lowest BCUT2D eigenvalue weighted by Gasteiger charge is -2.16. The maximum absolute atomic E-state index is 13.5. The van der Waals surface area contributed by atoms with Crippen LogP contribution in [-0.2, 0) is 9.59 Å². The molecule has 8 nitrogen and oxygen atoms in total. The average Bonchev–Trinajstić information content (AvgIpc) is 3.48. The highest BCUT2D eigenvalue weighted by atomic mass is 32.2. The number of carbonyl (C=O) groups excluding carboxylic acids is 3. The van der Waals surface area contributed by atoms with Crippen molar-refractivity contribution in [1.82, 2.24) is 10.2 Å². The molecule has 1 atom stereocenters. The molecule has 0 bridgehead atoms. The van der Waals surface area contributed by atoms with Crippen molar-refractivity contribution >= 4 is 40.3 Å². The summed E-state index contributed by atoms with van der Waals surface area (Å²) in [6.07, 6.45) is 2.22. The molecule has 0 saturated carbocycles. The Kier molecular flexibility index (Phi) is 7.79. The number of nitrogens with one attached hydrogen (secondary N) is 2. The summed E-state index contributed by atoms with van der Waals surface area (Å²) in [6, 6.07) is 12.5. The van der Waals surface area contributed by atoms with Crippen LogP contribution in [0.2, 0.25) is 0 Å². The number of carbonyl (C=O) groups is 3. The van der Waals surface area contributed by atoms with Crippen molar-refractivity contribution in [3.63, 3.8) is 0 Å². The van der Waals surface area contributed by atoms with E-state index in [2.05, 4.69) is 20.5 Å². The van der Waals surface area contributed by atoms with Gasteiger partial charge in [-0.15, -0.1) is 0 Å². The van der Waals surface area contributed by atoms with Gasteiger partial charge in [0.25, 0.3) is 11.8 Å². The van der Waals surface area contributed by atoms with Crippen LogP contribution in [0.4, 0.5) is 10.1 Å². The maximum atomic E-state index is 13.5. The van der Waals surface area contributed by atoms with E-state index in [9.17, 15) is 18.8 Å². The van der Waals surface area contributed by atoms with Crippen LogP contribution in [0.3, 0.4) is 0 Å². The van der Waals surface area contributed by atoms with Crippen LogP contribution in [0.1, 0.15) is 29.6 Å². The van der Waals surface area contributed by atoms with Crippen LogP contribution in [0.5, 0.6) is 5.75 Å². The van der Waals surface area contributed by atoms with Crippen molar-refractivity contribution < 1.29 is 23.5 Å². The second-order valence-electron chi connectivity index (χ2n) is 7.90. The first-order chi connectivity index (χ1) is 16.5. The molecule has 0 unspecified atom stereocenters. The highest BCUT2D eigenvalue weighted by molar-refractivity contribution is 8.15. The number of thioether (sulfide) groups is 1. The van der Waals surface area contributed by atoms with Crippen molar-refractivity contribution in [1.29, 1.82) is 0 Å². The van der Waals surface area contributed by atoms with Gasteiger partial charge in [0.1, 0.15) is 11.9 Å². The van der Waals surface area contributed by atoms with E-state index in [0.29, 0.717) is 11.3 Å². The summed E-state index contributed by atoms with van der Waals surface area (Å²) in [5.41, 5.74) is 0.939. The van der Waals surface area contributed by atoms with E-state index in [4.69, 9.17) is 4.74 Å². The average molecular weight is 485 g/mol. The number of nitrogens with zero attached hydrogens (tertiary/aromatic N) is 2. The molecular formula is C24H25FN4O4S. The van der Waals surface area contributed by atoms with Gasteiger partial charge in [-0.05, 0) is 49.2 Å². The number of aliphatic imine (C=N–C) groups is 1. The second kappa shape index (κ2) is 11.1. The lowest BCUT2D eigenvalue weighted by Crippen LogP contribution is -2.28. The number of anilines is 1. The molecule has 4 rings (SSSR count). The van der Waals surface area contributed by atoms with Crippen LogP contribution < -0.4 is 15.4 Å². The molecule has 2 heterocycles. The minimum atomic E-state index is -0.507. The van der Waals surface area contributed by atoms with Gasteiger partial charge in [-0.3, -0.25) is 14.4 Å². The standard InChI is InChI=1S/C24H25FN4O4S/c25-18-5-1-2-6-19(18)33-14-11-26-22(31)16-7-9-17(10-8-16)27-21(30)15-20-23(32)28-24(34-20)29-12-3-4-13-29/h1-2,5-10,20H,3-4,11-15H2,(H,26,31)(H,27,30)/t20-/m1/s1. The van der Waals surface area contributed by atoms with E-state index in [1.54, 1.807) is 36.4 Å². The van der Waals surface area contributed by atoms with E-state index in [-0.39, 0.29) is 43.0 Å². The van der Waals surface area contributed by atoms with Crippen molar-refractivity contribution in [2.24, 2.45) is 4.99 Å². The monoisotopic (exact) mass is 484 g/mol. The van der Waals surface area contributed by atoms with Crippen LogP contribution in [-0.4, -0.2) is 59.3 Å². The van der Waals surface area contributed by atoms with Gasteiger partial charge in [-0.1, -0.05) is 23.9 Å². The first-order valence-corrected chi connectivity index (χ1v) is 12.0. The van der Waals surface area contributed by atoms with Crippen LogP contribution in [0.25, 0.3) is 0 Å². The summed E-state index contributed by atoms with van der Waals surface area (Å²) in [7, 11) is 0. The Morgan fingerprint density at radius 2 is 1.85 bits per heavy atom. The number of halogens is 1. The molecular weight excluding hydrogens is 459 g/mol. The fourth-order valence-corrected chi connectivity index (χ4v) is 4.74. The molecule has 1 saturated heterocycles. The molecule has 10 heteroatoms. The summed E-state index contributed by atoms with van der Waals surface area (Å²) in [5, 5.41) is 5.67. The molecule has 178 valence electrons. The predicted molar refractivity (Wildman–Crippen MR) is 129 cm³/mol. The van der Waals surface area contributed by atoms with Crippen molar-refractivity contribution in [3.05, 3.63) is 59.9 Å². The molecule has 2 aromatic rings. The molecule has 0 radical (unpaired) electrons. The predicted octanol–water partition coefficient (Wildman–Crippen LogP) is 3.06. The zero-order chi connectivity index (χ0) is 23.9. The van der Waals surface area contributed by atoms with Gasteiger partial charge in [-0.25, -0.2) is 4.39 Å². The second-order valence-corrected chi connectivity index (χ2v) is 9.07. The van der Waals surface area contributed by atoms with Crippen molar-refractivity contribution in [2.45, 2.75) is 24.5 Å². The van der Waals surface area contributed by atoms with Gasteiger partial charge in [0, 0.05) is 30.8 Å². The Hall–Kier alpha value is -3.40. The van der Waals surface area contributed by atoms with Crippen LogP contribution in [0, 0.1) is 5.82 Å². The zero-order valence-corrected chi connectivity index (χ0v) is 19.3. The Bertz CT molecular complexity index is 1090. The van der Waals surface area contributed by atoms with Gasteiger partial charge in [0.05, 0.1) is 6.54 Å². The number of ether oxygens (including phenoxy) is 1. The SMILES string of the molecule is O=C(C[C@H]1SC(N2CCCC2)=NC1=O)Nc1ccc(C(=O)NCCOc2ccccc2F)cc1. The molecule has 0 spiro atoms. The first-order valence-electron chi connectivity index (χ1n) is 11.1. The third kappa shape index (κ3) is 6.13. The van der Waals surface area contributed by atoms with Crippen LogP contribution in [0.15, 0.2) is 53.5 Å². The number of hydrogen-bond donors (Lipinski definition) is 2. The van der Waals surface area contributed by atoms with Gasteiger partial charge < -0.3 is 20.3 Å².